The molecule has 0 saturated carbocycles. The highest BCUT2D eigenvalue weighted by Gasteiger charge is 2.31. The number of Topliss-reactive ketones (excluding diaryl/α,β-unsaturated/α-hetero) is 1. The lowest BCUT2D eigenvalue weighted by molar-refractivity contribution is 0.101. The molecule has 2 aliphatic heterocycles. The summed E-state index contributed by atoms with van der Waals surface area (Å²) in [7, 11) is 1.75. The normalized spacial score (nSPS) is 20.7. The van der Waals surface area contributed by atoms with Crippen molar-refractivity contribution >= 4 is 11.5 Å². The molecule has 0 aliphatic carbocycles. The number of pyridine rings is 1. The third-order valence-electron chi connectivity index (χ3n) is 6.52. The lowest BCUT2D eigenvalue weighted by Crippen LogP contribution is -2.28. The number of carbonyl (C=O) groups is 1. The van der Waals surface area contributed by atoms with E-state index < -0.39 is 0 Å². The van der Waals surface area contributed by atoms with Crippen molar-refractivity contribution in [1.82, 2.24) is 4.57 Å². The fourth-order valence-electron chi connectivity index (χ4n) is 4.75. The topological polar surface area (TPSA) is 51.5 Å². The summed E-state index contributed by atoms with van der Waals surface area (Å²) < 4.78 is 7.77. The number of nitrogens with zero attached hydrogens (tertiary/aromatic N) is 2. The van der Waals surface area contributed by atoms with E-state index in [-0.39, 0.29) is 23.4 Å². The minimum absolute atomic E-state index is 0.0440. The van der Waals surface area contributed by atoms with Gasteiger partial charge in [-0.05, 0) is 50.3 Å². The Balaban J connectivity index is 1.90. The molecule has 1 unspecified atom stereocenters. The maximum Gasteiger partial charge on any atom is 0.185 e. The second-order valence-corrected chi connectivity index (χ2v) is 8.80. The van der Waals surface area contributed by atoms with Crippen LogP contribution in [-0.2, 0) is 11.2 Å². The van der Waals surface area contributed by atoms with Crippen LogP contribution in [0, 0.1) is 12.8 Å². The third kappa shape index (κ3) is 3.42. The number of aryl methyl sites for hydroxylation is 1. The minimum Gasteiger partial charge on any atom is -0.380 e. The first kappa shape index (κ1) is 19.9. The molecule has 5 nitrogen and oxygen atoms in total. The molecule has 5 heteroatoms. The number of methoxy groups -OCH3 is 1. The van der Waals surface area contributed by atoms with Gasteiger partial charge in [-0.15, -0.1) is 0 Å². The second kappa shape index (κ2) is 7.45. The van der Waals surface area contributed by atoms with Crippen molar-refractivity contribution in [2.24, 2.45) is 5.92 Å². The summed E-state index contributed by atoms with van der Waals surface area (Å²) >= 11 is 0. The summed E-state index contributed by atoms with van der Waals surface area (Å²) in [4.78, 5) is 27.2. The second-order valence-electron chi connectivity index (χ2n) is 8.80. The molecule has 4 rings (SSSR count). The van der Waals surface area contributed by atoms with E-state index in [2.05, 4.69) is 29.4 Å². The van der Waals surface area contributed by atoms with Crippen molar-refractivity contribution in [2.75, 3.05) is 25.1 Å². The first-order valence-corrected chi connectivity index (χ1v) is 10.5. The van der Waals surface area contributed by atoms with Crippen molar-refractivity contribution < 1.29 is 9.53 Å². The van der Waals surface area contributed by atoms with Crippen LogP contribution in [0.2, 0.25) is 0 Å². The Morgan fingerprint density at radius 1 is 1.24 bits per heavy atom. The van der Waals surface area contributed by atoms with Crippen LogP contribution in [0.5, 0.6) is 0 Å². The average Bonchev–Trinajstić information content (AvgIpc) is 3.16. The number of fused-ring (bicyclic) bond motifs is 3. The van der Waals surface area contributed by atoms with Gasteiger partial charge in [0.15, 0.2) is 11.2 Å². The molecular formula is C24H30N2O3. The lowest BCUT2D eigenvalue weighted by Gasteiger charge is -2.34. The molecule has 0 N–H and O–H groups in total. The van der Waals surface area contributed by atoms with Crippen molar-refractivity contribution in [1.29, 1.82) is 0 Å². The summed E-state index contributed by atoms with van der Waals surface area (Å²) in [5.41, 5.74) is 5.68. The highest BCUT2D eigenvalue weighted by atomic mass is 16.5. The Morgan fingerprint density at radius 3 is 2.62 bits per heavy atom. The Kier molecular flexibility index (Phi) is 5.11. The van der Waals surface area contributed by atoms with E-state index in [0.717, 1.165) is 54.0 Å². The predicted octanol–water partition coefficient (Wildman–Crippen LogP) is 4.00. The number of ether oxygens (including phenoxy) is 1. The van der Waals surface area contributed by atoms with Crippen molar-refractivity contribution in [3.63, 3.8) is 0 Å². The van der Waals surface area contributed by atoms with Gasteiger partial charge in [-0.1, -0.05) is 13.8 Å². The summed E-state index contributed by atoms with van der Waals surface area (Å²) in [6.07, 6.45) is 4.05. The van der Waals surface area contributed by atoms with Gasteiger partial charge in [0, 0.05) is 60.9 Å². The molecule has 0 spiro atoms. The summed E-state index contributed by atoms with van der Waals surface area (Å²) in [5.74, 6) is 0.486. The van der Waals surface area contributed by atoms with Crippen LogP contribution in [-0.4, -0.2) is 36.7 Å². The maximum absolute atomic E-state index is 12.5. The first-order chi connectivity index (χ1) is 13.8. The fourth-order valence-corrected chi connectivity index (χ4v) is 4.75. The van der Waals surface area contributed by atoms with Gasteiger partial charge in [0.25, 0.3) is 0 Å². The number of rotatable bonds is 4. The molecule has 2 aromatic rings. The highest BCUT2D eigenvalue weighted by molar-refractivity contribution is 6.01. The van der Waals surface area contributed by atoms with Crippen LogP contribution < -0.4 is 10.3 Å². The standard InChI is InChI=1S/C24H30N2O3/c1-14(2)21-8-17-9-22(25-7-6-18(13-25)29-5)19(16(4)27)10-20(17)23-11-24(28)15(3)12-26(21)23/h9-12,14,18,21H,6-8,13H2,1-5H3/t18-,21?/m0/s1. The molecule has 3 heterocycles. The lowest BCUT2D eigenvalue weighted by atomic mass is 9.85. The third-order valence-corrected chi connectivity index (χ3v) is 6.52. The Morgan fingerprint density at radius 2 is 2.00 bits per heavy atom. The van der Waals surface area contributed by atoms with Gasteiger partial charge in [-0.3, -0.25) is 9.59 Å². The van der Waals surface area contributed by atoms with E-state index in [1.54, 1.807) is 20.1 Å². The predicted molar refractivity (Wildman–Crippen MR) is 116 cm³/mol. The monoisotopic (exact) mass is 394 g/mol. The highest BCUT2D eigenvalue weighted by Crippen LogP contribution is 2.41. The van der Waals surface area contributed by atoms with E-state index in [0.29, 0.717) is 5.92 Å². The largest absolute Gasteiger partial charge is 0.380 e. The number of aromatic nitrogens is 1. The van der Waals surface area contributed by atoms with Crippen LogP contribution in [0.3, 0.4) is 0 Å². The molecule has 1 fully saturated rings. The number of carbonyl (C=O) groups excluding carboxylic acids is 1. The zero-order valence-electron chi connectivity index (χ0n) is 18.0. The van der Waals surface area contributed by atoms with Crippen LogP contribution in [0.1, 0.15) is 54.7 Å². The summed E-state index contributed by atoms with van der Waals surface area (Å²) in [5, 5.41) is 0. The molecule has 0 radical (unpaired) electrons. The van der Waals surface area contributed by atoms with Crippen molar-refractivity contribution in [3.8, 4) is 11.3 Å². The smallest absolute Gasteiger partial charge is 0.185 e. The number of ketones is 1. The SMILES string of the molecule is CO[C@H]1CCN(c2cc3c(cc2C(C)=O)-c2cc(=O)c(C)cn2C(C(C)C)C3)C1. The first-order valence-electron chi connectivity index (χ1n) is 10.5. The fraction of sp³-hybridized carbons (Fsp3) is 0.500. The number of benzene rings is 1. The zero-order chi connectivity index (χ0) is 20.9. The molecule has 2 atom stereocenters. The van der Waals surface area contributed by atoms with Gasteiger partial charge in [0.2, 0.25) is 0 Å². The van der Waals surface area contributed by atoms with Gasteiger partial charge in [-0.2, -0.15) is 0 Å². The molecule has 0 bridgehead atoms. The molecule has 1 aromatic carbocycles. The molecule has 0 amide bonds. The van der Waals surface area contributed by atoms with Gasteiger partial charge in [0.1, 0.15) is 0 Å². The van der Waals surface area contributed by atoms with Crippen LogP contribution in [0.25, 0.3) is 11.3 Å². The van der Waals surface area contributed by atoms with Crippen LogP contribution in [0.4, 0.5) is 5.69 Å². The maximum atomic E-state index is 12.5. The van der Waals surface area contributed by atoms with Gasteiger partial charge in [0.05, 0.1) is 11.8 Å². The van der Waals surface area contributed by atoms with Crippen molar-refractivity contribution in [3.05, 3.63) is 51.3 Å². The van der Waals surface area contributed by atoms with Crippen LogP contribution in [0.15, 0.2) is 29.2 Å². The quantitative estimate of drug-likeness (QED) is 0.736. The summed E-state index contributed by atoms with van der Waals surface area (Å²) in [6, 6.07) is 6.22. The van der Waals surface area contributed by atoms with Crippen molar-refractivity contribution in [2.45, 2.75) is 52.7 Å². The molecule has 2 aliphatic rings. The van der Waals surface area contributed by atoms with E-state index in [1.165, 1.54) is 5.56 Å². The van der Waals surface area contributed by atoms with Gasteiger partial charge >= 0.3 is 0 Å². The number of hydrogen-bond donors (Lipinski definition) is 0. The van der Waals surface area contributed by atoms with Gasteiger partial charge < -0.3 is 14.2 Å². The Bertz CT molecular complexity index is 1020. The minimum atomic E-state index is 0.0440. The van der Waals surface area contributed by atoms with E-state index >= 15 is 0 Å². The van der Waals surface area contributed by atoms with E-state index in [1.807, 2.05) is 19.2 Å². The van der Waals surface area contributed by atoms with Gasteiger partial charge in [-0.25, -0.2) is 0 Å². The molecular weight excluding hydrogens is 364 g/mol. The molecule has 1 aromatic heterocycles. The number of hydrogen-bond acceptors (Lipinski definition) is 4. The average molecular weight is 395 g/mol. The Hall–Kier alpha value is -2.40. The van der Waals surface area contributed by atoms with E-state index in [9.17, 15) is 9.59 Å². The zero-order valence-corrected chi connectivity index (χ0v) is 18.0. The van der Waals surface area contributed by atoms with E-state index in [4.69, 9.17) is 4.74 Å². The van der Waals surface area contributed by atoms with Crippen LogP contribution >= 0.6 is 0 Å². The molecule has 29 heavy (non-hydrogen) atoms. The number of anilines is 1. The Labute approximate surface area is 172 Å². The molecule has 1 saturated heterocycles. The molecule has 154 valence electrons. The summed E-state index contributed by atoms with van der Waals surface area (Å²) in [6.45, 7) is 9.63.